The number of hydrogen-bond acceptors (Lipinski definition) is 3. The molecule has 0 atom stereocenters. The van der Waals surface area contributed by atoms with Crippen LogP contribution in [-0.2, 0) is 18.4 Å². The molecule has 0 saturated carbocycles. The van der Waals surface area contributed by atoms with Gasteiger partial charge in [0.25, 0.3) is 0 Å². The first kappa shape index (κ1) is 18.6. The number of amides is 1. The van der Waals surface area contributed by atoms with Crippen molar-refractivity contribution >= 4 is 12.0 Å². The lowest BCUT2D eigenvalue weighted by Crippen LogP contribution is -2.21. The molecule has 2 heterocycles. The van der Waals surface area contributed by atoms with Crippen molar-refractivity contribution in [2.75, 3.05) is 0 Å². The van der Waals surface area contributed by atoms with Gasteiger partial charge in [0.1, 0.15) is 0 Å². The van der Waals surface area contributed by atoms with Crippen LogP contribution >= 0.6 is 0 Å². The summed E-state index contributed by atoms with van der Waals surface area (Å²) in [6, 6.07) is 9.99. The molecule has 0 aliphatic heterocycles. The van der Waals surface area contributed by atoms with E-state index in [0.717, 1.165) is 39.6 Å². The first-order chi connectivity index (χ1) is 12.9. The standard InChI is InChI=1S/C21H25N5O/c1-14-19(16(3)25(5)23-14)11-12-21(27)22-13-20-15(2)24-26(17(20)4)18-9-7-6-8-10-18/h6-12H,13H2,1-5H3,(H,22,27)/b12-11+. The zero-order valence-electron chi connectivity index (χ0n) is 16.4. The summed E-state index contributed by atoms with van der Waals surface area (Å²) >= 11 is 0. The fourth-order valence-corrected chi connectivity index (χ4v) is 3.18. The second-order valence-electron chi connectivity index (χ2n) is 6.66. The fourth-order valence-electron chi connectivity index (χ4n) is 3.18. The third-order valence-corrected chi connectivity index (χ3v) is 4.85. The smallest absolute Gasteiger partial charge is 0.244 e. The van der Waals surface area contributed by atoms with Gasteiger partial charge < -0.3 is 5.32 Å². The number of carbonyl (C=O) groups is 1. The molecule has 140 valence electrons. The molecule has 0 bridgehead atoms. The van der Waals surface area contributed by atoms with E-state index in [9.17, 15) is 4.79 Å². The van der Waals surface area contributed by atoms with E-state index in [0.29, 0.717) is 6.54 Å². The van der Waals surface area contributed by atoms with Crippen LogP contribution in [0.4, 0.5) is 0 Å². The predicted molar refractivity (Wildman–Crippen MR) is 107 cm³/mol. The highest BCUT2D eigenvalue weighted by Crippen LogP contribution is 2.18. The van der Waals surface area contributed by atoms with Crippen LogP contribution in [0.1, 0.15) is 33.9 Å². The average molecular weight is 363 g/mol. The summed E-state index contributed by atoms with van der Waals surface area (Å²) in [6.45, 7) is 8.36. The van der Waals surface area contributed by atoms with Crippen molar-refractivity contribution in [3.63, 3.8) is 0 Å². The Morgan fingerprint density at radius 3 is 2.37 bits per heavy atom. The van der Waals surface area contributed by atoms with Crippen LogP contribution in [0.3, 0.4) is 0 Å². The van der Waals surface area contributed by atoms with Crippen LogP contribution in [-0.4, -0.2) is 25.5 Å². The first-order valence-electron chi connectivity index (χ1n) is 8.95. The van der Waals surface area contributed by atoms with Crippen molar-refractivity contribution in [2.24, 2.45) is 7.05 Å². The van der Waals surface area contributed by atoms with E-state index in [-0.39, 0.29) is 5.91 Å². The molecule has 1 N–H and O–H groups in total. The molecule has 0 fully saturated rings. The second kappa shape index (κ2) is 7.61. The zero-order valence-corrected chi connectivity index (χ0v) is 16.4. The maximum absolute atomic E-state index is 12.3. The van der Waals surface area contributed by atoms with Gasteiger partial charge in [0.15, 0.2) is 0 Å². The molecule has 6 nitrogen and oxygen atoms in total. The Morgan fingerprint density at radius 2 is 1.74 bits per heavy atom. The maximum Gasteiger partial charge on any atom is 0.244 e. The molecule has 0 radical (unpaired) electrons. The van der Waals surface area contributed by atoms with E-state index in [1.165, 1.54) is 0 Å². The Bertz CT molecular complexity index is 996. The first-order valence-corrected chi connectivity index (χ1v) is 8.95. The van der Waals surface area contributed by atoms with Gasteiger partial charge in [-0.2, -0.15) is 10.2 Å². The van der Waals surface area contributed by atoms with Crippen molar-refractivity contribution in [3.8, 4) is 5.69 Å². The summed E-state index contributed by atoms with van der Waals surface area (Å²) in [5, 5.41) is 11.9. The molecule has 6 heteroatoms. The van der Waals surface area contributed by atoms with E-state index >= 15 is 0 Å². The number of rotatable bonds is 5. The number of aromatic nitrogens is 4. The average Bonchev–Trinajstić information content (AvgIpc) is 3.07. The fraction of sp³-hybridized carbons (Fsp3) is 0.286. The van der Waals surface area contributed by atoms with Gasteiger partial charge in [0.05, 0.1) is 17.1 Å². The molecule has 0 aliphatic carbocycles. The summed E-state index contributed by atoms with van der Waals surface area (Å²) in [4.78, 5) is 12.3. The van der Waals surface area contributed by atoms with E-state index in [2.05, 4.69) is 15.5 Å². The SMILES string of the molecule is Cc1nn(C)c(C)c1/C=C/C(=O)NCc1c(C)nn(-c2ccccc2)c1C. The van der Waals surface area contributed by atoms with Gasteiger partial charge in [0, 0.05) is 42.2 Å². The van der Waals surface area contributed by atoms with Crippen LogP contribution in [0.5, 0.6) is 0 Å². The maximum atomic E-state index is 12.3. The predicted octanol–water partition coefficient (Wildman–Crippen LogP) is 3.17. The quantitative estimate of drug-likeness (QED) is 0.708. The van der Waals surface area contributed by atoms with Crippen molar-refractivity contribution in [1.29, 1.82) is 0 Å². The molecule has 1 aromatic carbocycles. The lowest BCUT2D eigenvalue weighted by Gasteiger charge is -2.06. The van der Waals surface area contributed by atoms with Crippen LogP contribution < -0.4 is 5.32 Å². The summed E-state index contributed by atoms with van der Waals surface area (Å²) in [5.74, 6) is -0.135. The highest BCUT2D eigenvalue weighted by molar-refractivity contribution is 5.92. The molecular formula is C21H25N5O. The van der Waals surface area contributed by atoms with Gasteiger partial charge in [-0.25, -0.2) is 4.68 Å². The number of benzene rings is 1. The lowest BCUT2D eigenvalue weighted by atomic mass is 10.1. The number of nitrogens with zero attached hydrogens (tertiary/aromatic N) is 4. The Balaban J connectivity index is 1.71. The molecular weight excluding hydrogens is 338 g/mol. The summed E-state index contributed by atoms with van der Waals surface area (Å²) in [6.07, 6.45) is 3.38. The minimum atomic E-state index is -0.135. The number of nitrogens with one attached hydrogen (secondary N) is 1. The Kier molecular flexibility index (Phi) is 5.26. The normalized spacial score (nSPS) is 11.3. The number of hydrogen-bond donors (Lipinski definition) is 1. The Hall–Kier alpha value is -3.15. The number of aryl methyl sites for hydroxylation is 3. The number of para-hydroxylation sites is 1. The second-order valence-corrected chi connectivity index (χ2v) is 6.66. The molecule has 0 spiro atoms. The molecule has 0 unspecified atom stereocenters. The topological polar surface area (TPSA) is 64.7 Å². The number of carbonyl (C=O) groups excluding carboxylic acids is 1. The van der Waals surface area contributed by atoms with E-state index < -0.39 is 0 Å². The van der Waals surface area contributed by atoms with Crippen molar-refractivity contribution in [3.05, 3.63) is 70.3 Å². The zero-order chi connectivity index (χ0) is 19.6. The third-order valence-electron chi connectivity index (χ3n) is 4.85. The van der Waals surface area contributed by atoms with Crippen molar-refractivity contribution < 1.29 is 4.79 Å². The monoisotopic (exact) mass is 363 g/mol. The van der Waals surface area contributed by atoms with Gasteiger partial charge in [-0.15, -0.1) is 0 Å². The summed E-state index contributed by atoms with van der Waals surface area (Å²) < 4.78 is 3.73. The third kappa shape index (κ3) is 3.84. The molecule has 1 amide bonds. The van der Waals surface area contributed by atoms with Crippen LogP contribution in [0.25, 0.3) is 11.8 Å². The van der Waals surface area contributed by atoms with Gasteiger partial charge >= 0.3 is 0 Å². The molecule has 2 aromatic heterocycles. The van der Waals surface area contributed by atoms with Crippen LogP contribution in [0, 0.1) is 27.7 Å². The van der Waals surface area contributed by atoms with Crippen molar-refractivity contribution in [2.45, 2.75) is 34.2 Å². The van der Waals surface area contributed by atoms with Gasteiger partial charge in [-0.05, 0) is 45.9 Å². The molecule has 27 heavy (non-hydrogen) atoms. The minimum Gasteiger partial charge on any atom is -0.348 e. The Labute approximate surface area is 159 Å². The van der Waals surface area contributed by atoms with Crippen molar-refractivity contribution in [1.82, 2.24) is 24.9 Å². The molecule has 3 rings (SSSR count). The van der Waals surface area contributed by atoms with Crippen LogP contribution in [0.2, 0.25) is 0 Å². The van der Waals surface area contributed by atoms with Crippen LogP contribution in [0.15, 0.2) is 36.4 Å². The highest BCUT2D eigenvalue weighted by Gasteiger charge is 2.13. The minimum absolute atomic E-state index is 0.135. The van der Waals surface area contributed by atoms with Gasteiger partial charge in [0.2, 0.25) is 5.91 Å². The molecule has 0 saturated heterocycles. The van der Waals surface area contributed by atoms with E-state index in [1.54, 1.807) is 6.08 Å². The van der Waals surface area contributed by atoms with Gasteiger partial charge in [-0.3, -0.25) is 9.48 Å². The van der Waals surface area contributed by atoms with Gasteiger partial charge in [-0.1, -0.05) is 18.2 Å². The molecule has 0 aliphatic rings. The van der Waals surface area contributed by atoms with E-state index in [4.69, 9.17) is 0 Å². The summed E-state index contributed by atoms with van der Waals surface area (Å²) in [7, 11) is 1.90. The largest absolute Gasteiger partial charge is 0.348 e. The van der Waals surface area contributed by atoms with E-state index in [1.807, 2.05) is 80.5 Å². The lowest BCUT2D eigenvalue weighted by molar-refractivity contribution is -0.116. The summed E-state index contributed by atoms with van der Waals surface area (Å²) in [5.41, 5.74) is 6.92. The molecule has 3 aromatic rings. The Morgan fingerprint density at radius 1 is 1.04 bits per heavy atom. The highest BCUT2D eigenvalue weighted by atomic mass is 16.1.